The molecule has 0 spiro atoms. The third kappa shape index (κ3) is 5.28. The molecule has 1 aromatic rings. The summed E-state index contributed by atoms with van der Waals surface area (Å²) in [7, 11) is 0. The van der Waals surface area contributed by atoms with Crippen LogP contribution in [0.4, 0.5) is 13.2 Å². The molecule has 0 saturated carbocycles. The van der Waals surface area contributed by atoms with Crippen molar-refractivity contribution in [2.45, 2.75) is 38.1 Å². The maximum atomic E-state index is 12.0. The molecule has 1 N–H and O–H groups in total. The quantitative estimate of drug-likeness (QED) is 0.813. The molecule has 112 valence electrons. The Morgan fingerprint density at radius 1 is 1.15 bits per heavy atom. The largest absolute Gasteiger partial charge is 0.573 e. The van der Waals surface area contributed by atoms with Gasteiger partial charge in [-0.05, 0) is 56.5 Å². The summed E-state index contributed by atoms with van der Waals surface area (Å²) in [6.45, 7) is 1.66. The first-order valence-corrected chi connectivity index (χ1v) is 6.75. The number of nitrogens with one attached hydrogen (secondary N) is 1. The van der Waals surface area contributed by atoms with Gasteiger partial charge in [-0.2, -0.15) is 0 Å². The molecule has 0 bridgehead atoms. The highest BCUT2D eigenvalue weighted by atomic mass is 19.4. The normalized spacial score (nSPS) is 19.1. The topological polar surface area (TPSA) is 30.5 Å². The Morgan fingerprint density at radius 3 is 2.45 bits per heavy atom. The maximum absolute atomic E-state index is 12.0. The van der Waals surface area contributed by atoms with E-state index in [1.807, 2.05) is 0 Å². The minimum atomic E-state index is -4.66. The molecule has 1 aromatic carbocycles. The first kappa shape index (κ1) is 15.0. The first-order chi connectivity index (χ1) is 9.53. The van der Waals surface area contributed by atoms with Crippen molar-refractivity contribution in [3.63, 3.8) is 0 Å². The lowest BCUT2D eigenvalue weighted by Gasteiger charge is -2.11. The molecule has 0 aliphatic carbocycles. The molecule has 1 atom stereocenters. The lowest BCUT2D eigenvalue weighted by atomic mass is 10.1. The summed E-state index contributed by atoms with van der Waals surface area (Å²) < 4.78 is 45.2. The highest BCUT2D eigenvalue weighted by Gasteiger charge is 2.30. The van der Waals surface area contributed by atoms with Crippen LogP contribution in [0.25, 0.3) is 0 Å². The number of benzene rings is 1. The summed E-state index contributed by atoms with van der Waals surface area (Å²) in [6.07, 6.45) is -0.222. The second-order valence-electron chi connectivity index (χ2n) is 4.80. The van der Waals surface area contributed by atoms with E-state index in [-0.39, 0.29) is 5.75 Å². The lowest BCUT2D eigenvalue weighted by molar-refractivity contribution is -0.274. The maximum Gasteiger partial charge on any atom is 0.573 e. The number of halogens is 3. The van der Waals surface area contributed by atoms with E-state index < -0.39 is 6.36 Å². The van der Waals surface area contributed by atoms with Gasteiger partial charge in [-0.15, -0.1) is 13.2 Å². The molecular formula is C14H18F3NO2. The van der Waals surface area contributed by atoms with E-state index in [1.54, 1.807) is 0 Å². The smallest absolute Gasteiger partial charge is 0.494 e. The van der Waals surface area contributed by atoms with Crippen LogP contribution in [0.15, 0.2) is 24.3 Å². The second kappa shape index (κ2) is 6.83. The molecule has 0 radical (unpaired) electrons. The summed E-state index contributed by atoms with van der Waals surface area (Å²) >= 11 is 0. The Labute approximate surface area is 116 Å². The summed E-state index contributed by atoms with van der Waals surface area (Å²) in [6, 6.07) is 6.05. The third-order valence-corrected chi connectivity index (χ3v) is 3.19. The van der Waals surface area contributed by atoms with E-state index in [9.17, 15) is 13.2 Å². The standard InChI is InChI=1S/C14H18F3NO2/c15-14(16,17)20-13-7-5-12(6-8-13)19-10-2-4-11-3-1-9-18-11/h5-8,11,18H,1-4,9-10H2. The zero-order chi connectivity index (χ0) is 14.4. The molecule has 1 heterocycles. The van der Waals surface area contributed by atoms with Gasteiger partial charge in [-0.1, -0.05) is 0 Å². The van der Waals surface area contributed by atoms with Crippen LogP contribution in [0.3, 0.4) is 0 Å². The molecular weight excluding hydrogens is 271 g/mol. The first-order valence-electron chi connectivity index (χ1n) is 6.75. The average molecular weight is 289 g/mol. The molecule has 0 amide bonds. The van der Waals surface area contributed by atoms with Crippen molar-refractivity contribution < 1.29 is 22.6 Å². The molecule has 1 saturated heterocycles. The number of rotatable bonds is 6. The molecule has 1 aliphatic heterocycles. The molecule has 20 heavy (non-hydrogen) atoms. The lowest BCUT2D eigenvalue weighted by Crippen LogP contribution is -2.21. The van der Waals surface area contributed by atoms with Gasteiger partial charge in [-0.25, -0.2) is 0 Å². The minimum Gasteiger partial charge on any atom is -0.494 e. The van der Waals surface area contributed by atoms with E-state index in [0.717, 1.165) is 19.4 Å². The molecule has 1 fully saturated rings. The molecule has 1 unspecified atom stereocenters. The summed E-state index contributed by atoms with van der Waals surface area (Å²) in [4.78, 5) is 0. The second-order valence-corrected chi connectivity index (χ2v) is 4.80. The van der Waals surface area contributed by atoms with Crippen LogP contribution in [-0.2, 0) is 0 Å². The Morgan fingerprint density at radius 2 is 1.85 bits per heavy atom. The zero-order valence-electron chi connectivity index (χ0n) is 11.1. The van der Waals surface area contributed by atoms with Crippen molar-refractivity contribution in [2.75, 3.05) is 13.2 Å². The van der Waals surface area contributed by atoms with Crippen LogP contribution in [-0.4, -0.2) is 25.6 Å². The monoisotopic (exact) mass is 289 g/mol. The predicted molar refractivity (Wildman–Crippen MR) is 68.9 cm³/mol. The Kier molecular flexibility index (Phi) is 5.11. The fourth-order valence-corrected chi connectivity index (χ4v) is 2.26. The van der Waals surface area contributed by atoms with Crippen LogP contribution in [0, 0.1) is 0 Å². The van der Waals surface area contributed by atoms with Crippen molar-refractivity contribution in [3.8, 4) is 11.5 Å². The van der Waals surface area contributed by atoms with Gasteiger partial charge in [0.05, 0.1) is 6.61 Å². The number of hydrogen-bond acceptors (Lipinski definition) is 3. The van der Waals surface area contributed by atoms with Crippen molar-refractivity contribution in [2.24, 2.45) is 0 Å². The van der Waals surface area contributed by atoms with Crippen LogP contribution in [0.1, 0.15) is 25.7 Å². The molecule has 6 heteroatoms. The Balaban J connectivity index is 1.68. The molecule has 2 rings (SSSR count). The van der Waals surface area contributed by atoms with Crippen molar-refractivity contribution in [3.05, 3.63) is 24.3 Å². The molecule has 1 aliphatic rings. The highest BCUT2D eigenvalue weighted by molar-refractivity contribution is 5.31. The van der Waals surface area contributed by atoms with Gasteiger partial charge in [0.1, 0.15) is 11.5 Å². The fourth-order valence-electron chi connectivity index (χ4n) is 2.26. The van der Waals surface area contributed by atoms with Crippen LogP contribution < -0.4 is 14.8 Å². The minimum absolute atomic E-state index is 0.236. The van der Waals surface area contributed by atoms with Crippen molar-refractivity contribution >= 4 is 0 Å². The average Bonchev–Trinajstić information content (AvgIpc) is 2.88. The van der Waals surface area contributed by atoms with Gasteiger partial charge in [0.15, 0.2) is 0 Å². The highest BCUT2D eigenvalue weighted by Crippen LogP contribution is 2.24. The van der Waals surface area contributed by atoms with E-state index >= 15 is 0 Å². The molecule has 3 nitrogen and oxygen atoms in total. The number of alkyl halides is 3. The van der Waals surface area contributed by atoms with E-state index in [0.29, 0.717) is 18.4 Å². The van der Waals surface area contributed by atoms with Gasteiger partial charge < -0.3 is 14.8 Å². The van der Waals surface area contributed by atoms with E-state index in [1.165, 1.54) is 37.1 Å². The zero-order valence-corrected chi connectivity index (χ0v) is 11.1. The predicted octanol–water partition coefficient (Wildman–Crippen LogP) is 3.50. The summed E-state index contributed by atoms with van der Waals surface area (Å²) in [5.41, 5.74) is 0. The SMILES string of the molecule is FC(F)(F)Oc1ccc(OCCCC2CCCN2)cc1. The number of hydrogen-bond donors (Lipinski definition) is 1. The Bertz CT molecular complexity index is 400. The van der Waals surface area contributed by atoms with Gasteiger partial charge in [0.2, 0.25) is 0 Å². The van der Waals surface area contributed by atoms with Crippen LogP contribution >= 0.6 is 0 Å². The van der Waals surface area contributed by atoms with E-state index in [4.69, 9.17) is 4.74 Å². The van der Waals surface area contributed by atoms with Gasteiger partial charge in [0.25, 0.3) is 0 Å². The van der Waals surface area contributed by atoms with Crippen molar-refractivity contribution in [1.29, 1.82) is 0 Å². The van der Waals surface area contributed by atoms with Gasteiger partial charge in [0, 0.05) is 6.04 Å². The van der Waals surface area contributed by atoms with Crippen LogP contribution in [0.5, 0.6) is 11.5 Å². The van der Waals surface area contributed by atoms with E-state index in [2.05, 4.69) is 10.1 Å². The van der Waals surface area contributed by atoms with Gasteiger partial charge in [-0.3, -0.25) is 0 Å². The Hall–Kier alpha value is -1.43. The molecule has 0 aromatic heterocycles. The van der Waals surface area contributed by atoms with Crippen molar-refractivity contribution in [1.82, 2.24) is 5.32 Å². The third-order valence-electron chi connectivity index (χ3n) is 3.19. The fraction of sp³-hybridized carbons (Fsp3) is 0.571. The van der Waals surface area contributed by atoms with Crippen LogP contribution in [0.2, 0.25) is 0 Å². The summed E-state index contributed by atoms with van der Waals surface area (Å²) in [5, 5.41) is 3.41. The van der Waals surface area contributed by atoms with Gasteiger partial charge >= 0.3 is 6.36 Å². The number of ether oxygens (including phenoxy) is 2. The summed E-state index contributed by atoms with van der Waals surface area (Å²) in [5.74, 6) is 0.318.